The minimum absolute atomic E-state index is 0.0953. The zero-order chi connectivity index (χ0) is 39.4. The Labute approximate surface area is 320 Å². The van der Waals surface area contributed by atoms with Crippen LogP contribution in [0.5, 0.6) is 17.2 Å². The van der Waals surface area contributed by atoms with Crippen LogP contribution >= 0.6 is 0 Å². The van der Waals surface area contributed by atoms with Gasteiger partial charge in [-0.25, -0.2) is 0 Å². The van der Waals surface area contributed by atoms with Gasteiger partial charge in [0.05, 0.1) is 22.5 Å². The van der Waals surface area contributed by atoms with Crippen LogP contribution in [0.15, 0.2) is 72.8 Å². The van der Waals surface area contributed by atoms with Crippen LogP contribution in [0.25, 0.3) is 0 Å². The fourth-order valence-electron chi connectivity index (χ4n) is 7.89. The standard InChI is InChI=1S/C48H54N2O4/c1-12-15-30(33-23-35(47(6,7)8)39(51)21-27(33)3)34-24-36(48(9,10)11)40(22-28(34)4)54-41-25-38(50-37-19-18-26(2)20-29(37)5)42-43(44(41)49)46(53)32-17-14-13-16-31(32)45(42)52/h13-14,16-25,30,50-51H,12,15,49H2,1-11H3. The average Bonchev–Trinajstić information content (AvgIpc) is 3.08. The van der Waals surface area contributed by atoms with Crippen molar-refractivity contribution >= 4 is 28.6 Å². The molecule has 0 bridgehead atoms. The molecule has 6 rings (SSSR count). The molecule has 0 fully saturated rings. The predicted molar refractivity (Wildman–Crippen MR) is 222 cm³/mol. The van der Waals surface area contributed by atoms with Gasteiger partial charge in [0.1, 0.15) is 11.5 Å². The number of aryl methyl sites for hydroxylation is 4. The summed E-state index contributed by atoms with van der Waals surface area (Å²) in [6.07, 6.45) is 1.92. The number of carbonyl (C=O) groups excluding carboxylic acids is 2. The van der Waals surface area contributed by atoms with E-state index in [0.29, 0.717) is 34.1 Å². The Hall–Kier alpha value is -5.36. The van der Waals surface area contributed by atoms with E-state index in [-0.39, 0.29) is 45.1 Å². The Morgan fingerprint density at radius 2 is 1.26 bits per heavy atom. The van der Waals surface area contributed by atoms with Gasteiger partial charge >= 0.3 is 0 Å². The van der Waals surface area contributed by atoms with Gasteiger partial charge in [0.2, 0.25) is 0 Å². The first kappa shape index (κ1) is 38.4. The first-order valence-electron chi connectivity index (χ1n) is 19.0. The molecule has 1 aliphatic carbocycles. The summed E-state index contributed by atoms with van der Waals surface area (Å²) in [4.78, 5) is 28.3. The number of phenols is 1. The number of phenolic OH excluding ortho intramolecular Hbond substituents is 1. The number of rotatable bonds is 8. The number of nitrogen functional groups attached to an aromatic ring is 1. The molecule has 1 unspecified atom stereocenters. The first-order valence-corrected chi connectivity index (χ1v) is 19.0. The smallest absolute Gasteiger partial charge is 0.196 e. The lowest BCUT2D eigenvalue weighted by Gasteiger charge is -2.30. The molecule has 0 amide bonds. The molecule has 6 nitrogen and oxygen atoms in total. The number of aromatic hydroxyl groups is 1. The fraction of sp³-hybridized carbons (Fsp3) is 0.333. The van der Waals surface area contributed by atoms with Gasteiger partial charge in [-0.3, -0.25) is 9.59 Å². The highest BCUT2D eigenvalue weighted by Gasteiger charge is 2.36. The lowest BCUT2D eigenvalue weighted by atomic mass is 9.76. The summed E-state index contributed by atoms with van der Waals surface area (Å²) in [5.74, 6) is 0.785. The van der Waals surface area contributed by atoms with E-state index in [1.807, 2.05) is 32.0 Å². The molecule has 0 saturated heterocycles. The van der Waals surface area contributed by atoms with Crippen molar-refractivity contribution < 1.29 is 19.4 Å². The van der Waals surface area contributed by atoms with Gasteiger partial charge in [-0.05, 0) is 96.5 Å². The minimum atomic E-state index is -0.330. The maximum Gasteiger partial charge on any atom is 0.196 e. The van der Waals surface area contributed by atoms with Crippen molar-refractivity contribution in [2.75, 3.05) is 11.1 Å². The third-order valence-electron chi connectivity index (χ3n) is 10.8. The van der Waals surface area contributed by atoms with E-state index in [2.05, 4.69) is 91.9 Å². The van der Waals surface area contributed by atoms with E-state index in [0.717, 1.165) is 51.9 Å². The third kappa shape index (κ3) is 7.02. The fourth-order valence-corrected chi connectivity index (χ4v) is 7.89. The SMILES string of the molecule is CCCC(c1cc(C(C)(C)C)c(O)cc1C)c1cc(C(C)(C)C)c(Oc2cc(Nc3ccc(C)cc3C)c3c(c2N)C(=O)c2ccccc2C3=O)cc1C. The molecule has 280 valence electrons. The maximum absolute atomic E-state index is 14.2. The molecule has 1 aliphatic rings. The summed E-state index contributed by atoms with van der Waals surface area (Å²) in [7, 11) is 0. The summed E-state index contributed by atoms with van der Waals surface area (Å²) < 4.78 is 6.86. The van der Waals surface area contributed by atoms with Gasteiger partial charge in [-0.2, -0.15) is 0 Å². The van der Waals surface area contributed by atoms with Crippen molar-refractivity contribution in [3.05, 3.63) is 140 Å². The van der Waals surface area contributed by atoms with Gasteiger partial charge in [0.25, 0.3) is 0 Å². The second kappa shape index (κ2) is 14.1. The zero-order valence-electron chi connectivity index (χ0n) is 33.7. The molecule has 5 aromatic rings. The molecule has 6 heteroatoms. The first-order chi connectivity index (χ1) is 25.3. The van der Waals surface area contributed by atoms with Crippen molar-refractivity contribution in [3.8, 4) is 17.2 Å². The number of nitrogens with one attached hydrogen (secondary N) is 1. The van der Waals surface area contributed by atoms with Gasteiger partial charge in [0, 0.05) is 34.4 Å². The van der Waals surface area contributed by atoms with Crippen LogP contribution in [0.2, 0.25) is 0 Å². The Morgan fingerprint density at radius 1 is 0.685 bits per heavy atom. The van der Waals surface area contributed by atoms with Gasteiger partial charge in [0.15, 0.2) is 17.3 Å². The lowest BCUT2D eigenvalue weighted by molar-refractivity contribution is 0.0980. The molecular weight excluding hydrogens is 669 g/mol. The third-order valence-corrected chi connectivity index (χ3v) is 10.8. The summed E-state index contributed by atoms with van der Waals surface area (Å²) >= 11 is 0. The average molecular weight is 723 g/mol. The number of hydrogen-bond donors (Lipinski definition) is 3. The van der Waals surface area contributed by atoms with E-state index in [1.165, 1.54) is 11.1 Å². The Bertz CT molecular complexity index is 2320. The van der Waals surface area contributed by atoms with Crippen molar-refractivity contribution in [3.63, 3.8) is 0 Å². The maximum atomic E-state index is 14.2. The lowest BCUT2D eigenvalue weighted by Crippen LogP contribution is -2.24. The minimum Gasteiger partial charge on any atom is -0.508 e. The summed E-state index contributed by atoms with van der Waals surface area (Å²) in [6.45, 7) is 23.3. The molecule has 0 spiro atoms. The zero-order valence-corrected chi connectivity index (χ0v) is 33.7. The quantitative estimate of drug-likeness (QED) is 0.135. The number of benzene rings is 5. The second-order valence-electron chi connectivity index (χ2n) is 17.1. The number of fused-ring (bicyclic) bond motifs is 2. The van der Waals surface area contributed by atoms with Crippen molar-refractivity contribution in [1.82, 2.24) is 0 Å². The molecule has 4 N–H and O–H groups in total. The number of carbonyl (C=O) groups is 2. The van der Waals surface area contributed by atoms with Crippen LogP contribution in [0, 0.1) is 27.7 Å². The highest BCUT2D eigenvalue weighted by Crippen LogP contribution is 2.47. The molecule has 0 saturated carbocycles. The second-order valence-corrected chi connectivity index (χ2v) is 17.1. The topological polar surface area (TPSA) is 102 Å². The van der Waals surface area contributed by atoms with Crippen LogP contribution in [0.1, 0.15) is 144 Å². The van der Waals surface area contributed by atoms with Crippen molar-refractivity contribution in [1.29, 1.82) is 0 Å². The predicted octanol–water partition coefficient (Wildman–Crippen LogP) is 12.0. The largest absolute Gasteiger partial charge is 0.508 e. The van der Waals surface area contributed by atoms with Gasteiger partial charge < -0.3 is 20.9 Å². The summed E-state index contributed by atoms with van der Waals surface area (Å²) in [6, 6.07) is 23.2. The number of nitrogens with two attached hydrogens (primary N) is 1. The Balaban J connectivity index is 1.53. The van der Waals surface area contributed by atoms with E-state index >= 15 is 0 Å². The van der Waals surface area contributed by atoms with E-state index in [9.17, 15) is 14.7 Å². The van der Waals surface area contributed by atoms with Crippen LogP contribution in [0.3, 0.4) is 0 Å². The number of anilines is 3. The molecular formula is C48H54N2O4. The van der Waals surface area contributed by atoms with Gasteiger partial charge in [-0.1, -0.05) is 109 Å². The van der Waals surface area contributed by atoms with E-state index in [4.69, 9.17) is 10.5 Å². The Kier molecular flexibility index (Phi) is 10.0. The number of hydrogen-bond acceptors (Lipinski definition) is 6. The van der Waals surface area contributed by atoms with Crippen LogP contribution in [-0.2, 0) is 10.8 Å². The monoisotopic (exact) mass is 722 g/mol. The van der Waals surface area contributed by atoms with Crippen LogP contribution in [0.4, 0.5) is 17.1 Å². The highest BCUT2D eigenvalue weighted by molar-refractivity contribution is 6.32. The number of ether oxygens (including phenoxy) is 1. The van der Waals surface area contributed by atoms with E-state index in [1.54, 1.807) is 30.3 Å². The molecule has 0 aliphatic heterocycles. The molecule has 5 aromatic carbocycles. The number of ketones is 2. The Morgan fingerprint density at radius 3 is 1.83 bits per heavy atom. The molecule has 1 atom stereocenters. The van der Waals surface area contributed by atoms with Crippen molar-refractivity contribution in [2.45, 2.75) is 106 Å². The molecule has 0 aromatic heterocycles. The van der Waals surface area contributed by atoms with Crippen molar-refractivity contribution in [2.24, 2.45) is 0 Å². The molecule has 0 heterocycles. The highest BCUT2D eigenvalue weighted by atomic mass is 16.5. The molecule has 54 heavy (non-hydrogen) atoms. The summed E-state index contributed by atoms with van der Waals surface area (Å²) in [5, 5.41) is 14.4. The normalized spacial score (nSPS) is 13.4. The van der Waals surface area contributed by atoms with Crippen LogP contribution in [-0.4, -0.2) is 16.7 Å². The summed E-state index contributed by atoms with van der Waals surface area (Å²) in [5.41, 5.74) is 17.4. The van der Waals surface area contributed by atoms with E-state index < -0.39 is 0 Å². The molecule has 0 radical (unpaired) electrons. The van der Waals surface area contributed by atoms with Crippen LogP contribution < -0.4 is 15.8 Å². The van der Waals surface area contributed by atoms with Gasteiger partial charge in [-0.15, -0.1) is 0 Å².